The van der Waals surface area contributed by atoms with Crippen molar-refractivity contribution in [1.29, 1.82) is 0 Å². The van der Waals surface area contributed by atoms with E-state index < -0.39 is 0 Å². The summed E-state index contributed by atoms with van der Waals surface area (Å²) in [5.74, 6) is 2.42. The molecule has 2 rings (SSSR count). The quantitative estimate of drug-likeness (QED) is 0.476. The molecule has 3 unspecified atom stereocenters. The van der Waals surface area contributed by atoms with Crippen molar-refractivity contribution in [2.75, 3.05) is 0 Å². The molecule has 0 aromatic heterocycles. The molecule has 2 saturated carbocycles. The number of hydrogen-bond donors (Lipinski definition) is 0. The van der Waals surface area contributed by atoms with Gasteiger partial charge >= 0.3 is 58.8 Å². The molecule has 2 aliphatic rings. The third-order valence-electron chi connectivity index (χ3n) is 3.09. The predicted molar refractivity (Wildman–Crippen MR) is 39.1 cm³/mol. The summed E-state index contributed by atoms with van der Waals surface area (Å²) < 4.78 is 1.27. The first kappa shape index (κ1) is 5.34. The molecule has 2 bridgehead atoms. The second-order valence-electron chi connectivity index (χ2n) is 3.65. The number of rotatable bonds is 0. The molecule has 3 atom stereocenters. The summed E-state index contributed by atoms with van der Waals surface area (Å²) in [6.45, 7) is 0. The first-order valence-corrected chi connectivity index (χ1v) is 6.28. The Labute approximate surface area is 59.3 Å². The van der Waals surface area contributed by atoms with Crippen LogP contribution in [0.25, 0.3) is 0 Å². The first-order valence-electron chi connectivity index (χ1n) is 3.86. The van der Waals surface area contributed by atoms with Gasteiger partial charge in [0.15, 0.2) is 0 Å². The van der Waals surface area contributed by atoms with Gasteiger partial charge in [0, 0.05) is 0 Å². The number of fused-ring (bicyclic) bond motifs is 2. The van der Waals surface area contributed by atoms with E-state index in [1.807, 2.05) is 0 Å². The van der Waals surface area contributed by atoms with Gasteiger partial charge in [0.05, 0.1) is 0 Å². The van der Waals surface area contributed by atoms with Crippen LogP contribution in [0.1, 0.15) is 25.7 Å². The Balaban J connectivity index is 2.11. The molecule has 0 spiro atoms. The average Bonchev–Trinajstić information content (AvgIpc) is 2.23. The van der Waals surface area contributed by atoms with E-state index in [1.54, 1.807) is 25.7 Å². The van der Waals surface area contributed by atoms with Crippen molar-refractivity contribution in [2.45, 2.75) is 30.4 Å². The molecule has 1 heteroatoms. The fourth-order valence-electron chi connectivity index (χ4n) is 2.56. The van der Waals surface area contributed by atoms with Gasteiger partial charge in [-0.1, -0.05) is 0 Å². The van der Waals surface area contributed by atoms with Crippen LogP contribution < -0.4 is 0 Å². The second-order valence-corrected chi connectivity index (χ2v) is 6.76. The van der Waals surface area contributed by atoms with Crippen molar-refractivity contribution in [3.63, 3.8) is 0 Å². The third-order valence-corrected chi connectivity index (χ3v) is 6.06. The Morgan fingerprint density at radius 1 is 1.12 bits per heavy atom. The third kappa shape index (κ3) is 0.653. The minimum atomic E-state index is 1.15. The predicted octanol–water partition coefficient (Wildman–Crippen LogP) is 0.960. The molecule has 0 saturated heterocycles. The maximum atomic E-state index is 1.63. The SMILES string of the molecule is [GeH3][CH]1CC2CCC1C2. The molecule has 0 radical (unpaired) electrons. The van der Waals surface area contributed by atoms with Crippen LogP contribution in [0.5, 0.6) is 0 Å². The van der Waals surface area contributed by atoms with E-state index in [1.165, 1.54) is 16.6 Å². The molecule has 0 N–H and O–H groups in total. The molecular formula is C7H14Ge. The molecule has 0 heterocycles. The molecular weight excluding hydrogens is 157 g/mol. The van der Waals surface area contributed by atoms with Crippen molar-refractivity contribution in [2.24, 2.45) is 11.8 Å². The van der Waals surface area contributed by atoms with Crippen molar-refractivity contribution in [3.05, 3.63) is 0 Å². The Hall–Kier alpha value is 0.543. The van der Waals surface area contributed by atoms with Crippen LogP contribution in [0.4, 0.5) is 0 Å². The van der Waals surface area contributed by atoms with Crippen LogP contribution in [0.15, 0.2) is 0 Å². The van der Waals surface area contributed by atoms with Crippen LogP contribution in [0, 0.1) is 11.8 Å². The summed E-state index contributed by atoms with van der Waals surface area (Å²) in [5.41, 5.74) is 0. The van der Waals surface area contributed by atoms with E-state index >= 15 is 0 Å². The van der Waals surface area contributed by atoms with Crippen molar-refractivity contribution < 1.29 is 0 Å². The van der Waals surface area contributed by atoms with Crippen molar-refractivity contribution in [1.82, 2.24) is 0 Å². The molecule has 2 aliphatic carbocycles. The topological polar surface area (TPSA) is 0 Å². The molecule has 0 nitrogen and oxygen atoms in total. The monoisotopic (exact) mass is 172 g/mol. The van der Waals surface area contributed by atoms with E-state index in [-0.39, 0.29) is 0 Å². The molecule has 2 fully saturated rings. The van der Waals surface area contributed by atoms with Crippen LogP contribution in [-0.4, -0.2) is 16.5 Å². The van der Waals surface area contributed by atoms with Gasteiger partial charge in [0.2, 0.25) is 0 Å². The van der Waals surface area contributed by atoms with E-state index in [2.05, 4.69) is 0 Å². The van der Waals surface area contributed by atoms with Gasteiger partial charge in [-0.05, 0) is 0 Å². The van der Waals surface area contributed by atoms with Gasteiger partial charge in [-0.25, -0.2) is 0 Å². The van der Waals surface area contributed by atoms with Crippen LogP contribution >= 0.6 is 0 Å². The Kier molecular flexibility index (Phi) is 1.17. The van der Waals surface area contributed by atoms with Gasteiger partial charge in [-0.3, -0.25) is 0 Å². The van der Waals surface area contributed by atoms with Gasteiger partial charge in [0.25, 0.3) is 0 Å². The van der Waals surface area contributed by atoms with E-state index in [4.69, 9.17) is 0 Å². The summed E-state index contributed by atoms with van der Waals surface area (Å²) in [5, 5.41) is 0. The minimum absolute atomic E-state index is 1.15. The summed E-state index contributed by atoms with van der Waals surface area (Å²) in [4.78, 5) is 0. The van der Waals surface area contributed by atoms with Crippen molar-refractivity contribution in [3.8, 4) is 0 Å². The fourth-order valence-corrected chi connectivity index (χ4v) is 5.23. The zero-order valence-corrected chi connectivity index (χ0v) is 9.76. The van der Waals surface area contributed by atoms with Crippen molar-refractivity contribution >= 4 is 16.5 Å². The van der Waals surface area contributed by atoms with E-state index in [0.29, 0.717) is 0 Å². The molecule has 0 amide bonds. The summed E-state index contributed by atoms with van der Waals surface area (Å²) >= 11 is 1.15. The van der Waals surface area contributed by atoms with Crippen LogP contribution in [-0.2, 0) is 0 Å². The number of hydrogen-bond acceptors (Lipinski definition) is 0. The molecule has 0 aliphatic heterocycles. The van der Waals surface area contributed by atoms with Crippen LogP contribution in [0.2, 0.25) is 4.75 Å². The Morgan fingerprint density at radius 2 is 2.00 bits per heavy atom. The van der Waals surface area contributed by atoms with Gasteiger partial charge < -0.3 is 0 Å². The maximum absolute atomic E-state index is 1.63. The van der Waals surface area contributed by atoms with Gasteiger partial charge in [-0.2, -0.15) is 0 Å². The second kappa shape index (κ2) is 1.76. The summed E-state index contributed by atoms with van der Waals surface area (Å²) in [7, 11) is 0. The molecule has 0 aromatic carbocycles. The fraction of sp³-hybridized carbons (Fsp3) is 1.00. The van der Waals surface area contributed by atoms with Gasteiger partial charge in [0.1, 0.15) is 0 Å². The molecule has 8 heavy (non-hydrogen) atoms. The summed E-state index contributed by atoms with van der Waals surface area (Å²) in [6, 6.07) is 0. The molecule has 0 aromatic rings. The van der Waals surface area contributed by atoms with Gasteiger partial charge in [-0.15, -0.1) is 0 Å². The zero-order valence-electron chi connectivity index (χ0n) is 5.56. The van der Waals surface area contributed by atoms with Crippen LogP contribution in [0.3, 0.4) is 0 Å². The Morgan fingerprint density at radius 3 is 2.25 bits per heavy atom. The summed E-state index contributed by atoms with van der Waals surface area (Å²) in [6.07, 6.45) is 6.42. The van der Waals surface area contributed by atoms with E-state index in [0.717, 1.165) is 16.5 Å². The zero-order chi connectivity index (χ0) is 5.56. The Bertz CT molecular complexity index is 98.6. The average molecular weight is 171 g/mol. The normalized spacial score (nSPS) is 53.2. The van der Waals surface area contributed by atoms with E-state index in [9.17, 15) is 0 Å². The standard InChI is InChI=1S/C7H14Ge/c8-7-4-5-1-2-6(7)3-5/h5-7H,1-4H2,8H3. The molecule has 46 valence electrons. The first-order chi connectivity index (χ1) is 3.86.